The number of anilines is 2. The number of aromatic nitrogens is 5. The summed E-state index contributed by atoms with van der Waals surface area (Å²) >= 11 is 0. The van der Waals surface area contributed by atoms with E-state index in [4.69, 9.17) is 4.74 Å². The maximum atomic E-state index is 15.1. The fraction of sp³-hybridized carbons (Fsp3) is 0.179. The van der Waals surface area contributed by atoms with Crippen molar-refractivity contribution in [1.82, 2.24) is 25.0 Å². The van der Waals surface area contributed by atoms with Gasteiger partial charge in [-0.25, -0.2) is 13.8 Å². The summed E-state index contributed by atoms with van der Waals surface area (Å²) < 4.78 is 35.2. The maximum Gasteiger partial charge on any atom is 0.284 e. The zero-order chi connectivity index (χ0) is 29.3. The normalized spacial score (nSPS) is 12.2. The molecule has 4 N–H and O–H groups in total. The molecule has 3 aromatic heterocycles. The highest BCUT2D eigenvalue weighted by molar-refractivity contribution is 6.04. The number of nitrogens with zero attached hydrogens (tertiary/aromatic N) is 4. The molecule has 0 aliphatic heterocycles. The molecule has 0 spiro atoms. The molecule has 0 aliphatic carbocycles. The molecule has 5 aromatic rings. The molecule has 0 bridgehead atoms. The summed E-state index contributed by atoms with van der Waals surface area (Å²) in [6.45, 7) is 5.09. The number of aromatic amines is 1. The number of carbonyl (C=O) groups is 1. The van der Waals surface area contributed by atoms with Crippen LogP contribution in [0.1, 0.15) is 31.1 Å². The predicted octanol–water partition coefficient (Wildman–Crippen LogP) is 4.40. The van der Waals surface area contributed by atoms with E-state index in [9.17, 15) is 19.1 Å². The summed E-state index contributed by atoms with van der Waals surface area (Å²) in [6.07, 6.45) is 2.73. The topological polar surface area (TPSA) is 147 Å². The molecule has 0 unspecified atom stereocenters. The number of rotatable bonds is 8. The summed E-state index contributed by atoms with van der Waals surface area (Å²) in [5.41, 5.74) is -1.29. The van der Waals surface area contributed by atoms with E-state index < -0.39 is 28.7 Å². The summed E-state index contributed by atoms with van der Waals surface area (Å²) in [4.78, 5) is 29.9. The third kappa shape index (κ3) is 5.75. The fourth-order valence-electron chi connectivity index (χ4n) is 3.82. The van der Waals surface area contributed by atoms with Gasteiger partial charge in [-0.05, 0) is 63.2 Å². The first-order chi connectivity index (χ1) is 19.5. The van der Waals surface area contributed by atoms with E-state index in [2.05, 4.69) is 30.9 Å². The van der Waals surface area contributed by atoms with Crippen molar-refractivity contribution in [3.63, 3.8) is 0 Å². The second-order valence-corrected chi connectivity index (χ2v) is 9.76. The minimum Gasteiger partial charge on any atom is -0.453 e. The van der Waals surface area contributed by atoms with Gasteiger partial charge < -0.3 is 20.5 Å². The third-order valence-electron chi connectivity index (χ3n) is 6.41. The Morgan fingerprint density at radius 2 is 1.83 bits per heavy atom. The second-order valence-electron chi connectivity index (χ2n) is 9.76. The maximum absolute atomic E-state index is 15.1. The second kappa shape index (κ2) is 10.8. The van der Waals surface area contributed by atoms with Gasteiger partial charge in [-0.15, -0.1) is 0 Å². The van der Waals surface area contributed by atoms with Crippen LogP contribution in [-0.4, -0.2) is 47.6 Å². The molecule has 0 saturated heterocycles. The van der Waals surface area contributed by atoms with Crippen molar-refractivity contribution in [3.05, 3.63) is 94.5 Å². The first kappa shape index (κ1) is 27.4. The van der Waals surface area contributed by atoms with E-state index in [-0.39, 0.29) is 34.5 Å². The largest absolute Gasteiger partial charge is 0.453 e. The van der Waals surface area contributed by atoms with E-state index in [1.165, 1.54) is 54.9 Å². The Balaban J connectivity index is 1.36. The number of carbonyl (C=O) groups excluding carboxylic acids is 1. The summed E-state index contributed by atoms with van der Waals surface area (Å²) in [6, 6.07) is 11.2. The molecule has 210 valence electrons. The Morgan fingerprint density at radius 3 is 2.54 bits per heavy atom. The van der Waals surface area contributed by atoms with Gasteiger partial charge >= 0.3 is 0 Å². The van der Waals surface area contributed by atoms with Crippen molar-refractivity contribution in [2.75, 3.05) is 10.6 Å². The number of H-pyrrole nitrogens is 1. The van der Waals surface area contributed by atoms with Gasteiger partial charge in [-0.1, -0.05) is 0 Å². The fourth-order valence-corrected chi connectivity index (χ4v) is 3.82. The van der Waals surface area contributed by atoms with Crippen LogP contribution in [0.3, 0.4) is 0 Å². The number of aliphatic hydroxyl groups is 1. The van der Waals surface area contributed by atoms with Crippen molar-refractivity contribution in [2.24, 2.45) is 0 Å². The number of fused-ring (bicyclic) bond motifs is 1. The van der Waals surface area contributed by atoms with Crippen LogP contribution >= 0.6 is 0 Å². The molecular weight excluding hydrogens is 536 g/mol. The standard InChI is InChI=1S/C28H25F2N7O4/c1-15(28(2,3)40)33-25-23-22(11-12-31-24(23)35-36-25)41-21-9-6-17(14-20(21)30)34-26(38)19-10-13-32-37(27(19)39)18-7-4-16(29)5-8-18/h4-15,40H,1-3H3,(H,34,38)(H2,31,33,35,36)/t15-/m1/s1. The van der Waals surface area contributed by atoms with Crippen LogP contribution in [0.5, 0.6) is 11.5 Å². The monoisotopic (exact) mass is 561 g/mol. The van der Waals surface area contributed by atoms with E-state index >= 15 is 4.39 Å². The molecule has 1 amide bonds. The molecule has 1 atom stereocenters. The third-order valence-corrected chi connectivity index (χ3v) is 6.41. The van der Waals surface area contributed by atoms with E-state index in [0.29, 0.717) is 16.9 Å². The summed E-state index contributed by atoms with van der Waals surface area (Å²) in [5.74, 6) is -1.57. The van der Waals surface area contributed by atoms with Crippen LogP contribution in [0.2, 0.25) is 0 Å². The molecule has 13 heteroatoms. The molecule has 3 heterocycles. The summed E-state index contributed by atoms with van der Waals surface area (Å²) in [5, 5.41) is 27.3. The Bertz CT molecular complexity index is 1800. The Morgan fingerprint density at radius 1 is 1.07 bits per heavy atom. The smallest absolute Gasteiger partial charge is 0.284 e. The first-order valence-electron chi connectivity index (χ1n) is 12.5. The molecule has 5 rings (SSSR count). The Labute approximate surface area is 231 Å². The van der Waals surface area contributed by atoms with Crippen LogP contribution in [0, 0.1) is 11.6 Å². The van der Waals surface area contributed by atoms with Crippen molar-refractivity contribution in [1.29, 1.82) is 0 Å². The molecule has 2 aromatic carbocycles. The number of halogens is 2. The van der Waals surface area contributed by atoms with Crippen LogP contribution in [0.15, 0.2) is 71.8 Å². The highest BCUT2D eigenvalue weighted by atomic mass is 19.1. The number of benzene rings is 2. The Hall–Kier alpha value is -5.17. The average Bonchev–Trinajstić information content (AvgIpc) is 3.34. The quantitative estimate of drug-likeness (QED) is 0.218. The SMILES string of the molecule is C[C@@H](Nc1n[nH]c2nccc(Oc3ccc(NC(=O)c4ccnn(-c5ccc(F)cc5)c4=O)cc3F)c12)C(C)(C)O. The molecule has 11 nitrogen and oxygen atoms in total. The van der Waals surface area contributed by atoms with Crippen LogP contribution in [-0.2, 0) is 0 Å². The molecule has 0 saturated carbocycles. The van der Waals surface area contributed by atoms with Gasteiger partial charge in [-0.2, -0.15) is 14.9 Å². The van der Waals surface area contributed by atoms with E-state index in [1.807, 2.05) is 0 Å². The van der Waals surface area contributed by atoms with Crippen LogP contribution in [0.4, 0.5) is 20.3 Å². The number of hydrogen-bond donors (Lipinski definition) is 4. The highest BCUT2D eigenvalue weighted by Crippen LogP contribution is 2.35. The first-order valence-corrected chi connectivity index (χ1v) is 12.5. The molecule has 0 fully saturated rings. The zero-order valence-corrected chi connectivity index (χ0v) is 22.1. The van der Waals surface area contributed by atoms with Gasteiger partial charge in [-0.3, -0.25) is 14.7 Å². The van der Waals surface area contributed by atoms with Crippen LogP contribution < -0.4 is 20.9 Å². The highest BCUT2D eigenvalue weighted by Gasteiger charge is 2.25. The zero-order valence-electron chi connectivity index (χ0n) is 22.1. The lowest BCUT2D eigenvalue weighted by Gasteiger charge is -2.26. The minimum absolute atomic E-state index is 0.0777. The predicted molar refractivity (Wildman–Crippen MR) is 147 cm³/mol. The van der Waals surface area contributed by atoms with Gasteiger partial charge in [0.05, 0.1) is 17.3 Å². The molecule has 41 heavy (non-hydrogen) atoms. The number of amides is 1. The van der Waals surface area contributed by atoms with E-state index in [0.717, 1.165) is 10.7 Å². The van der Waals surface area contributed by atoms with Gasteiger partial charge in [0.1, 0.15) is 22.5 Å². The lowest BCUT2D eigenvalue weighted by Crippen LogP contribution is -2.39. The molecular formula is C28H25F2N7O4. The molecule has 0 radical (unpaired) electrons. The average molecular weight is 562 g/mol. The van der Waals surface area contributed by atoms with Gasteiger partial charge in [0.25, 0.3) is 11.5 Å². The lowest BCUT2D eigenvalue weighted by atomic mass is 10.0. The number of nitrogens with one attached hydrogen (secondary N) is 3. The van der Waals surface area contributed by atoms with Gasteiger partial charge in [0, 0.05) is 30.2 Å². The van der Waals surface area contributed by atoms with Crippen LogP contribution in [0.25, 0.3) is 16.7 Å². The Kier molecular flexibility index (Phi) is 7.20. The minimum atomic E-state index is -1.05. The van der Waals surface area contributed by atoms with Gasteiger partial charge in [0.2, 0.25) is 0 Å². The number of pyridine rings is 1. The lowest BCUT2D eigenvalue weighted by molar-refractivity contribution is 0.0648. The van der Waals surface area contributed by atoms with Crippen molar-refractivity contribution >= 4 is 28.4 Å². The van der Waals surface area contributed by atoms with Crippen molar-refractivity contribution in [3.8, 4) is 17.2 Å². The summed E-state index contributed by atoms with van der Waals surface area (Å²) in [7, 11) is 0. The number of ether oxygens (including phenoxy) is 1. The molecule has 0 aliphatic rings. The van der Waals surface area contributed by atoms with Crippen molar-refractivity contribution < 1.29 is 23.4 Å². The van der Waals surface area contributed by atoms with E-state index in [1.54, 1.807) is 26.8 Å². The number of hydrogen-bond acceptors (Lipinski definition) is 8. The van der Waals surface area contributed by atoms with Gasteiger partial charge in [0.15, 0.2) is 23.0 Å². The van der Waals surface area contributed by atoms with Crippen molar-refractivity contribution in [2.45, 2.75) is 32.4 Å².